The quantitative estimate of drug-likeness (QED) is 0.553. The van der Waals surface area contributed by atoms with Crippen LogP contribution >= 0.6 is 11.3 Å². The number of nitrogens with two attached hydrogens (primary N) is 1. The van der Waals surface area contributed by atoms with E-state index in [9.17, 15) is 13.2 Å². The Labute approximate surface area is 183 Å². The average Bonchev–Trinajstić information content (AvgIpc) is 3.15. The molecule has 0 unspecified atom stereocenters. The number of nitrogens with zero attached hydrogens (tertiary/aromatic N) is 3. The van der Waals surface area contributed by atoms with Gasteiger partial charge in [0.1, 0.15) is 17.0 Å². The molecule has 1 saturated heterocycles. The van der Waals surface area contributed by atoms with Crippen LogP contribution in [-0.2, 0) is 19.5 Å². The first-order chi connectivity index (χ1) is 14.9. The highest BCUT2D eigenvalue weighted by Gasteiger charge is 2.29. The van der Waals surface area contributed by atoms with Gasteiger partial charge >= 0.3 is 6.18 Å². The molecule has 4 rings (SSSR count). The van der Waals surface area contributed by atoms with Gasteiger partial charge in [-0.25, -0.2) is 9.97 Å². The standard InChI is InChI=1S/C22H26F3N5S/c23-22(24,25)10-18-9-19-20(28-14-29-21(19)31-18)27-12-16-5-7-30(8-6-16)13-17-3-1-15(11-26)2-4-17/h1-4,9,14,16H,5-8,10-13,26H2,(H,27,28,29). The molecule has 1 aromatic carbocycles. The molecule has 0 bridgehead atoms. The maximum atomic E-state index is 12.7. The van der Waals surface area contributed by atoms with Gasteiger partial charge in [-0.15, -0.1) is 11.3 Å². The molecule has 9 heteroatoms. The molecule has 3 aromatic rings. The first-order valence-corrected chi connectivity index (χ1v) is 11.3. The van der Waals surface area contributed by atoms with Crippen LogP contribution in [-0.4, -0.2) is 40.7 Å². The molecule has 166 valence electrons. The van der Waals surface area contributed by atoms with Crippen molar-refractivity contribution in [2.75, 3.05) is 25.0 Å². The van der Waals surface area contributed by atoms with E-state index >= 15 is 0 Å². The van der Waals surface area contributed by atoms with E-state index in [1.165, 1.54) is 11.9 Å². The highest BCUT2D eigenvalue weighted by atomic mass is 32.1. The topological polar surface area (TPSA) is 67.1 Å². The second-order valence-corrected chi connectivity index (χ2v) is 9.18. The number of hydrogen-bond donors (Lipinski definition) is 2. The van der Waals surface area contributed by atoms with Gasteiger partial charge in [0.15, 0.2) is 0 Å². The summed E-state index contributed by atoms with van der Waals surface area (Å²) in [5.74, 6) is 1.13. The normalized spacial score (nSPS) is 16.1. The molecule has 3 N–H and O–H groups in total. The largest absolute Gasteiger partial charge is 0.393 e. The third-order valence-electron chi connectivity index (χ3n) is 5.69. The van der Waals surface area contributed by atoms with Gasteiger partial charge in [0.2, 0.25) is 0 Å². The Morgan fingerprint density at radius 2 is 1.81 bits per heavy atom. The fourth-order valence-electron chi connectivity index (χ4n) is 3.96. The minimum atomic E-state index is -4.22. The molecule has 0 amide bonds. The number of alkyl halides is 3. The lowest BCUT2D eigenvalue weighted by molar-refractivity contribution is -0.126. The van der Waals surface area contributed by atoms with Gasteiger partial charge in [-0.05, 0) is 49.0 Å². The Bertz CT molecular complexity index is 995. The second-order valence-electron chi connectivity index (χ2n) is 8.07. The lowest BCUT2D eigenvalue weighted by atomic mass is 9.96. The number of halogens is 3. The van der Waals surface area contributed by atoms with Crippen molar-refractivity contribution in [2.24, 2.45) is 11.7 Å². The molecule has 31 heavy (non-hydrogen) atoms. The molecule has 0 aliphatic carbocycles. The zero-order valence-corrected chi connectivity index (χ0v) is 18.0. The molecule has 2 aromatic heterocycles. The Kier molecular flexibility index (Phi) is 6.74. The van der Waals surface area contributed by atoms with Gasteiger partial charge in [0.05, 0.1) is 11.8 Å². The molecule has 0 atom stereocenters. The van der Waals surface area contributed by atoms with Crippen molar-refractivity contribution in [3.63, 3.8) is 0 Å². The van der Waals surface area contributed by atoms with Crippen molar-refractivity contribution < 1.29 is 13.2 Å². The number of thiophene rings is 1. The summed E-state index contributed by atoms with van der Waals surface area (Å²) >= 11 is 1.08. The smallest absolute Gasteiger partial charge is 0.369 e. The number of rotatable bonds is 7. The number of likely N-dealkylation sites (tertiary alicyclic amines) is 1. The number of fused-ring (bicyclic) bond motifs is 1. The van der Waals surface area contributed by atoms with Crippen molar-refractivity contribution in [1.82, 2.24) is 14.9 Å². The third kappa shape index (κ3) is 5.93. The molecule has 1 aliphatic rings. The Morgan fingerprint density at radius 3 is 2.48 bits per heavy atom. The summed E-state index contributed by atoms with van der Waals surface area (Å²) in [6, 6.07) is 10.0. The predicted molar refractivity (Wildman–Crippen MR) is 118 cm³/mol. The van der Waals surface area contributed by atoms with Gasteiger partial charge in [-0.1, -0.05) is 24.3 Å². The van der Waals surface area contributed by atoms with Gasteiger partial charge < -0.3 is 11.1 Å². The maximum absolute atomic E-state index is 12.7. The van der Waals surface area contributed by atoms with E-state index in [4.69, 9.17) is 5.73 Å². The fourth-order valence-corrected chi connectivity index (χ4v) is 4.99. The van der Waals surface area contributed by atoms with E-state index in [1.807, 2.05) is 0 Å². The van der Waals surface area contributed by atoms with Crippen LogP contribution in [0.1, 0.15) is 28.8 Å². The van der Waals surface area contributed by atoms with Crippen LogP contribution < -0.4 is 11.1 Å². The highest BCUT2D eigenvalue weighted by molar-refractivity contribution is 7.18. The van der Waals surface area contributed by atoms with E-state index in [0.29, 0.717) is 28.5 Å². The molecule has 3 heterocycles. The van der Waals surface area contributed by atoms with Crippen LogP contribution in [0.4, 0.5) is 19.0 Å². The first-order valence-electron chi connectivity index (χ1n) is 10.4. The average molecular weight is 450 g/mol. The van der Waals surface area contributed by atoms with Gasteiger partial charge in [0.25, 0.3) is 0 Å². The predicted octanol–water partition coefficient (Wildman–Crippen LogP) is 4.58. The maximum Gasteiger partial charge on any atom is 0.393 e. The Hall–Kier alpha value is -2.23. The number of benzene rings is 1. The molecule has 0 spiro atoms. The molecule has 1 aliphatic heterocycles. The minimum Gasteiger partial charge on any atom is -0.369 e. The summed E-state index contributed by atoms with van der Waals surface area (Å²) in [6.45, 7) is 4.31. The SMILES string of the molecule is NCc1ccc(CN2CCC(CNc3ncnc4sc(CC(F)(F)F)cc34)CC2)cc1. The zero-order valence-electron chi connectivity index (χ0n) is 17.2. The van der Waals surface area contributed by atoms with Crippen LogP contribution in [0.2, 0.25) is 0 Å². The number of nitrogens with one attached hydrogen (secondary N) is 1. The molecular formula is C22H26F3N5S. The number of anilines is 1. The number of piperidine rings is 1. The number of aromatic nitrogens is 2. The van der Waals surface area contributed by atoms with E-state index < -0.39 is 12.6 Å². The van der Waals surface area contributed by atoms with Crippen LogP contribution in [0.25, 0.3) is 10.2 Å². The van der Waals surface area contributed by atoms with Gasteiger partial charge in [-0.2, -0.15) is 13.2 Å². The summed E-state index contributed by atoms with van der Waals surface area (Å²) in [5, 5.41) is 4.03. The molecule has 0 saturated carbocycles. The van der Waals surface area contributed by atoms with Gasteiger partial charge in [0, 0.05) is 24.5 Å². The third-order valence-corrected chi connectivity index (χ3v) is 6.73. The minimum absolute atomic E-state index is 0.263. The van der Waals surface area contributed by atoms with E-state index in [1.54, 1.807) is 6.07 Å². The zero-order chi connectivity index (χ0) is 21.8. The Balaban J connectivity index is 1.29. The van der Waals surface area contributed by atoms with Crippen molar-refractivity contribution in [1.29, 1.82) is 0 Å². The van der Waals surface area contributed by atoms with Crippen molar-refractivity contribution in [3.8, 4) is 0 Å². The van der Waals surface area contributed by atoms with Crippen LogP contribution in [0.3, 0.4) is 0 Å². The van der Waals surface area contributed by atoms with Crippen molar-refractivity contribution in [3.05, 3.63) is 52.7 Å². The molecule has 1 fully saturated rings. The summed E-state index contributed by atoms with van der Waals surface area (Å²) in [5.41, 5.74) is 8.09. The monoisotopic (exact) mass is 449 g/mol. The summed E-state index contributed by atoms with van der Waals surface area (Å²) in [6.07, 6.45) is -1.59. The molecule has 5 nitrogen and oxygen atoms in total. The first kappa shape index (κ1) is 22.0. The van der Waals surface area contributed by atoms with Crippen molar-refractivity contribution >= 4 is 27.4 Å². The van der Waals surface area contributed by atoms with E-state index in [2.05, 4.69) is 44.5 Å². The lowest BCUT2D eigenvalue weighted by Gasteiger charge is -2.32. The van der Waals surface area contributed by atoms with E-state index in [-0.39, 0.29) is 4.88 Å². The van der Waals surface area contributed by atoms with Gasteiger partial charge in [-0.3, -0.25) is 4.90 Å². The van der Waals surface area contributed by atoms with E-state index in [0.717, 1.165) is 55.9 Å². The summed E-state index contributed by atoms with van der Waals surface area (Å²) < 4.78 is 38.1. The van der Waals surface area contributed by atoms with Crippen molar-refractivity contribution in [2.45, 2.75) is 38.5 Å². The molecule has 0 radical (unpaired) electrons. The summed E-state index contributed by atoms with van der Waals surface area (Å²) in [4.78, 5) is 11.7. The second kappa shape index (κ2) is 9.50. The highest BCUT2D eigenvalue weighted by Crippen LogP contribution is 2.32. The fraction of sp³-hybridized carbons (Fsp3) is 0.455. The van der Waals surface area contributed by atoms with Crippen LogP contribution in [0.15, 0.2) is 36.7 Å². The lowest BCUT2D eigenvalue weighted by Crippen LogP contribution is -2.35. The van der Waals surface area contributed by atoms with Crippen LogP contribution in [0.5, 0.6) is 0 Å². The summed E-state index contributed by atoms with van der Waals surface area (Å²) in [7, 11) is 0. The number of hydrogen-bond acceptors (Lipinski definition) is 6. The Morgan fingerprint density at radius 1 is 1.10 bits per heavy atom. The molecular weight excluding hydrogens is 423 g/mol. The van der Waals surface area contributed by atoms with Crippen LogP contribution in [0, 0.1) is 5.92 Å².